The minimum Gasteiger partial charge on any atom is -0.544 e. The molecule has 2 aliphatic rings. The maximum Gasteiger partial charge on any atom is 0.240 e. The van der Waals surface area contributed by atoms with Crippen molar-refractivity contribution < 1.29 is 35.0 Å². The van der Waals surface area contributed by atoms with Gasteiger partial charge in [-0.15, -0.1) is 0 Å². The molecule has 2 aliphatic heterocycles. The third kappa shape index (κ3) is 3.51. The van der Waals surface area contributed by atoms with E-state index in [0.717, 1.165) is 16.5 Å². The van der Waals surface area contributed by atoms with Crippen LogP contribution in [0.2, 0.25) is 0 Å². The van der Waals surface area contributed by atoms with E-state index in [1.54, 1.807) is 24.3 Å². The fraction of sp³-hybridized carbons (Fsp3) is 0.348. The number of likely N-dealkylation sites (tertiary alicyclic amines) is 1. The topological polar surface area (TPSA) is 135 Å². The van der Waals surface area contributed by atoms with E-state index >= 15 is 0 Å². The molecule has 2 fully saturated rings. The number of imide groups is 1. The van der Waals surface area contributed by atoms with Gasteiger partial charge in [0.25, 0.3) is 0 Å². The second kappa shape index (κ2) is 8.48. The van der Waals surface area contributed by atoms with Gasteiger partial charge in [-0.2, -0.15) is 11.8 Å². The highest BCUT2D eigenvalue weighted by Crippen LogP contribution is 2.47. The molecule has 2 saturated heterocycles. The molecule has 4 N–H and O–H groups in total. The fourth-order valence-electron chi connectivity index (χ4n) is 5.01. The van der Waals surface area contributed by atoms with Gasteiger partial charge in [0.1, 0.15) is 35.3 Å². The number of quaternary nitrogens is 1. The molecule has 168 valence electrons. The maximum atomic E-state index is 13.5. The summed E-state index contributed by atoms with van der Waals surface area (Å²) in [6.45, 7) is 0.0471. The summed E-state index contributed by atoms with van der Waals surface area (Å²) in [5.74, 6) is -4.45. The lowest BCUT2D eigenvalue weighted by molar-refractivity contribution is -0.739. The molecule has 0 saturated carbocycles. The highest BCUT2D eigenvalue weighted by molar-refractivity contribution is 7.98. The summed E-state index contributed by atoms with van der Waals surface area (Å²) in [4.78, 5) is 40.6. The van der Waals surface area contributed by atoms with Gasteiger partial charge in [-0.1, -0.05) is 30.3 Å². The van der Waals surface area contributed by atoms with Crippen LogP contribution in [-0.4, -0.2) is 50.4 Å². The predicted molar refractivity (Wildman–Crippen MR) is 114 cm³/mol. The molecule has 9 heteroatoms. The largest absolute Gasteiger partial charge is 0.544 e. The van der Waals surface area contributed by atoms with Gasteiger partial charge >= 0.3 is 0 Å². The van der Waals surface area contributed by atoms with E-state index in [-0.39, 0.29) is 24.5 Å². The smallest absolute Gasteiger partial charge is 0.240 e. The maximum absolute atomic E-state index is 13.5. The lowest BCUT2D eigenvalue weighted by atomic mass is 9.78. The Morgan fingerprint density at radius 2 is 1.88 bits per heavy atom. The lowest BCUT2D eigenvalue weighted by Gasteiger charge is -2.32. The summed E-state index contributed by atoms with van der Waals surface area (Å²) >= 11 is 1.44. The normalized spacial score (nSPS) is 27.0. The number of nitrogens with zero attached hydrogens (tertiary/aromatic N) is 1. The lowest BCUT2D eigenvalue weighted by Crippen LogP contribution is -2.99. The summed E-state index contributed by atoms with van der Waals surface area (Å²) in [6, 6.07) is 12.2. The minimum atomic E-state index is -1.64. The van der Waals surface area contributed by atoms with Crippen molar-refractivity contribution in [2.24, 2.45) is 11.8 Å². The van der Waals surface area contributed by atoms with Crippen LogP contribution in [0.25, 0.3) is 0 Å². The van der Waals surface area contributed by atoms with Crippen molar-refractivity contribution in [3.05, 3.63) is 59.7 Å². The van der Waals surface area contributed by atoms with Crippen molar-refractivity contribution in [2.45, 2.75) is 24.5 Å². The molecule has 4 rings (SSSR count). The quantitative estimate of drug-likeness (QED) is 0.490. The van der Waals surface area contributed by atoms with Gasteiger partial charge in [0.2, 0.25) is 11.8 Å². The molecule has 0 aliphatic carbocycles. The molecule has 2 heterocycles. The van der Waals surface area contributed by atoms with Crippen molar-refractivity contribution in [1.29, 1.82) is 0 Å². The summed E-state index contributed by atoms with van der Waals surface area (Å²) < 4.78 is 0. The Kier molecular flexibility index (Phi) is 5.87. The number of nitrogens with two attached hydrogens (primary N) is 1. The first-order valence-corrected chi connectivity index (χ1v) is 11.7. The van der Waals surface area contributed by atoms with Crippen LogP contribution >= 0.6 is 11.8 Å². The number of carboxylic acid groups (broad SMARTS) is 1. The van der Waals surface area contributed by atoms with Crippen molar-refractivity contribution >= 4 is 29.5 Å². The number of carbonyl (C=O) groups is 3. The number of carbonyl (C=O) groups excluding carboxylic acids is 3. The first kappa shape index (κ1) is 22.2. The van der Waals surface area contributed by atoms with Crippen LogP contribution in [-0.2, 0) is 20.9 Å². The Balaban J connectivity index is 1.80. The predicted octanol–water partition coefficient (Wildman–Crippen LogP) is -0.241. The first-order valence-electron chi connectivity index (χ1n) is 10.3. The van der Waals surface area contributed by atoms with E-state index in [4.69, 9.17) is 0 Å². The highest BCUT2D eigenvalue weighted by Gasteiger charge is 2.69. The molecule has 0 bridgehead atoms. The SMILES string of the molecule is CSCCC1(C(=O)[O-])[NH2+]C(c2ccc(O)cc2O)C2C(=O)N(Cc3ccccc3)C(=O)C21. The van der Waals surface area contributed by atoms with Crippen LogP contribution < -0.4 is 10.4 Å². The number of aromatic hydroxyl groups is 2. The van der Waals surface area contributed by atoms with Gasteiger partial charge in [0.05, 0.1) is 12.1 Å². The summed E-state index contributed by atoms with van der Waals surface area (Å²) in [5.41, 5.74) is -0.584. The molecule has 0 aromatic heterocycles. The van der Waals surface area contributed by atoms with E-state index < -0.39 is 41.2 Å². The number of phenols is 2. The molecule has 32 heavy (non-hydrogen) atoms. The number of thioether (sulfide) groups is 1. The number of benzene rings is 2. The zero-order valence-corrected chi connectivity index (χ0v) is 18.2. The van der Waals surface area contributed by atoms with Crippen molar-refractivity contribution in [3.63, 3.8) is 0 Å². The Labute approximate surface area is 189 Å². The molecular weight excluding hydrogens is 432 g/mol. The minimum absolute atomic E-state index is 0.0471. The zero-order chi connectivity index (χ0) is 23.0. The molecule has 4 atom stereocenters. The number of rotatable bonds is 7. The third-order valence-corrected chi connectivity index (χ3v) is 7.13. The van der Waals surface area contributed by atoms with Crippen LogP contribution in [0, 0.1) is 11.8 Å². The number of fused-ring (bicyclic) bond motifs is 1. The van der Waals surface area contributed by atoms with Crippen molar-refractivity contribution in [1.82, 2.24) is 4.90 Å². The van der Waals surface area contributed by atoms with Gasteiger partial charge in [-0.05, 0) is 29.7 Å². The van der Waals surface area contributed by atoms with Crippen molar-refractivity contribution in [2.75, 3.05) is 12.0 Å². The van der Waals surface area contributed by atoms with E-state index in [1.165, 1.54) is 29.2 Å². The molecule has 0 spiro atoms. The fourth-order valence-corrected chi connectivity index (χ4v) is 5.55. The molecule has 2 amide bonds. The molecular formula is C23H24N2O6S. The first-order chi connectivity index (χ1) is 15.3. The average molecular weight is 457 g/mol. The van der Waals surface area contributed by atoms with E-state index in [9.17, 15) is 29.7 Å². The number of carboxylic acids is 1. The Morgan fingerprint density at radius 3 is 2.50 bits per heavy atom. The number of hydrogen-bond donors (Lipinski definition) is 3. The van der Waals surface area contributed by atoms with Crippen molar-refractivity contribution in [3.8, 4) is 11.5 Å². The Hall–Kier alpha value is -3.04. The van der Waals surface area contributed by atoms with Crippen LogP contribution in [0.1, 0.15) is 23.6 Å². The molecule has 8 nitrogen and oxygen atoms in total. The monoisotopic (exact) mass is 456 g/mol. The summed E-state index contributed by atoms with van der Waals surface area (Å²) in [7, 11) is 0. The van der Waals surface area contributed by atoms with Crippen LogP contribution in [0.5, 0.6) is 11.5 Å². The summed E-state index contributed by atoms with van der Waals surface area (Å²) in [5, 5.41) is 34.1. The van der Waals surface area contributed by atoms with E-state index in [2.05, 4.69) is 0 Å². The van der Waals surface area contributed by atoms with Gasteiger partial charge in [0.15, 0.2) is 5.54 Å². The number of hydrogen-bond acceptors (Lipinski definition) is 7. The van der Waals surface area contributed by atoms with Gasteiger partial charge < -0.3 is 25.4 Å². The molecule has 4 unspecified atom stereocenters. The molecule has 2 aromatic carbocycles. The number of phenolic OH excluding ortho intramolecular Hbond substituents is 2. The van der Waals surface area contributed by atoms with Gasteiger partial charge in [-0.25, -0.2) is 0 Å². The van der Waals surface area contributed by atoms with Gasteiger partial charge in [0, 0.05) is 12.5 Å². The number of aliphatic carboxylic acids is 1. The van der Waals surface area contributed by atoms with E-state index in [0.29, 0.717) is 11.3 Å². The number of amides is 2. The summed E-state index contributed by atoms with van der Waals surface area (Å²) in [6.07, 6.45) is 1.97. The molecule has 2 aromatic rings. The highest BCUT2D eigenvalue weighted by atomic mass is 32.2. The Morgan fingerprint density at radius 1 is 1.16 bits per heavy atom. The van der Waals surface area contributed by atoms with Crippen LogP contribution in [0.3, 0.4) is 0 Å². The third-order valence-electron chi connectivity index (χ3n) is 6.52. The van der Waals surface area contributed by atoms with Crippen LogP contribution in [0.4, 0.5) is 0 Å². The Bertz CT molecular complexity index is 1060. The van der Waals surface area contributed by atoms with Crippen LogP contribution in [0.15, 0.2) is 48.5 Å². The second-order valence-electron chi connectivity index (χ2n) is 8.26. The van der Waals surface area contributed by atoms with E-state index in [1.807, 2.05) is 12.3 Å². The average Bonchev–Trinajstić information content (AvgIpc) is 3.23. The second-order valence-corrected chi connectivity index (χ2v) is 9.24. The standard InChI is InChI=1S/C23H24N2O6S/c1-32-10-9-23(22(30)31)18-17(19(24-23)15-8-7-14(26)11-16(15)27)20(28)25(21(18)29)12-13-5-3-2-4-6-13/h2-8,11,17-19,24,26-27H,9-10,12H2,1H3,(H,30,31). The van der Waals surface area contributed by atoms with Gasteiger partial charge in [-0.3, -0.25) is 14.5 Å². The zero-order valence-electron chi connectivity index (χ0n) is 17.4. The molecule has 0 radical (unpaired) electrons.